The van der Waals surface area contributed by atoms with E-state index < -0.39 is 17.0 Å². The van der Waals surface area contributed by atoms with E-state index in [0.717, 1.165) is 16.8 Å². The van der Waals surface area contributed by atoms with Gasteiger partial charge in [0.05, 0.1) is 5.75 Å². The number of anilines is 1. The van der Waals surface area contributed by atoms with E-state index in [4.69, 9.17) is 5.11 Å². The number of para-hydroxylation sites is 1. The summed E-state index contributed by atoms with van der Waals surface area (Å²) in [5.74, 6) is -0.601. The molecule has 0 amide bonds. The topological polar surface area (TPSA) is 97.1 Å². The molecule has 1 aromatic heterocycles. The molecule has 27 heavy (non-hydrogen) atoms. The fourth-order valence-corrected chi connectivity index (χ4v) is 3.70. The summed E-state index contributed by atoms with van der Waals surface area (Å²) in [7, 11) is 0. The van der Waals surface area contributed by atoms with Gasteiger partial charge >= 0.3 is 5.97 Å². The van der Waals surface area contributed by atoms with E-state index in [1.54, 1.807) is 4.68 Å². The summed E-state index contributed by atoms with van der Waals surface area (Å²) in [6, 6.07) is 14.9. The predicted octanol–water partition coefficient (Wildman–Crippen LogP) is 2.98. The fraction of sp³-hybridized carbons (Fsp3) is 0.158. The monoisotopic (exact) mass is 380 g/mol. The highest BCUT2D eigenvalue weighted by Crippen LogP contribution is 2.38. The third-order valence-electron chi connectivity index (χ3n) is 4.19. The lowest BCUT2D eigenvalue weighted by molar-refractivity contribution is -0.133. The maximum Gasteiger partial charge on any atom is 0.313 e. The Labute approximate surface area is 159 Å². The minimum absolute atomic E-state index is 0.104. The quantitative estimate of drug-likeness (QED) is 0.718. The van der Waals surface area contributed by atoms with Gasteiger partial charge in [-0.2, -0.15) is 10.1 Å². The number of aryl methyl sites for hydroxylation is 1. The minimum atomic E-state index is -0.921. The number of carboxylic acids is 1. The smallest absolute Gasteiger partial charge is 0.313 e. The molecule has 0 aliphatic carbocycles. The molecule has 7 nitrogen and oxygen atoms in total. The van der Waals surface area contributed by atoms with Crippen molar-refractivity contribution in [2.45, 2.75) is 12.4 Å². The zero-order valence-corrected chi connectivity index (χ0v) is 15.2. The Kier molecular flexibility index (Phi) is 4.41. The van der Waals surface area contributed by atoms with Gasteiger partial charge < -0.3 is 10.4 Å². The molecule has 136 valence electrons. The molecule has 0 saturated heterocycles. The summed E-state index contributed by atoms with van der Waals surface area (Å²) in [6.45, 7) is 1.97. The Hall–Kier alpha value is -3.13. The normalized spacial score (nSPS) is 14.8. The number of hydrogen-bond donors (Lipinski definition) is 2. The zero-order valence-electron chi connectivity index (χ0n) is 14.4. The largest absolute Gasteiger partial charge is 0.481 e. The predicted molar refractivity (Wildman–Crippen MR) is 105 cm³/mol. The van der Waals surface area contributed by atoms with Crippen molar-refractivity contribution < 1.29 is 9.90 Å². The second-order valence-corrected chi connectivity index (χ2v) is 7.22. The number of benzene rings is 2. The third kappa shape index (κ3) is 3.31. The zero-order chi connectivity index (χ0) is 19.0. The van der Waals surface area contributed by atoms with E-state index in [-0.39, 0.29) is 11.4 Å². The third-order valence-corrected chi connectivity index (χ3v) is 5.24. The van der Waals surface area contributed by atoms with E-state index in [2.05, 4.69) is 15.4 Å². The van der Waals surface area contributed by atoms with E-state index in [0.29, 0.717) is 11.4 Å². The van der Waals surface area contributed by atoms with Crippen LogP contribution in [0.4, 0.5) is 5.69 Å². The molecule has 0 saturated carbocycles. The first-order valence-corrected chi connectivity index (χ1v) is 9.35. The molecule has 1 atom stereocenters. The van der Waals surface area contributed by atoms with Crippen LogP contribution in [-0.4, -0.2) is 31.6 Å². The first kappa shape index (κ1) is 17.3. The molecular weight excluding hydrogens is 364 g/mol. The summed E-state index contributed by atoms with van der Waals surface area (Å²) >= 11 is 1.17. The van der Waals surface area contributed by atoms with Crippen molar-refractivity contribution in [3.05, 3.63) is 64.4 Å². The average molecular weight is 380 g/mol. The molecule has 4 rings (SSSR count). The van der Waals surface area contributed by atoms with E-state index in [1.807, 2.05) is 55.5 Å². The number of rotatable bonds is 4. The van der Waals surface area contributed by atoms with Gasteiger partial charge in [-0.15, -0.1) is 11.8 Å². The second kappa shape index (κ2) is 6.88. The highest BCUT2D eigenvalue weighted by molar-refractivity contribution is 8.00. The van der Waals surface area contributed by atoms with Crippen molar-refractivity contribution in [2.75, 3.05) is 11.1 Å². The van der Waals surface area contributed by atoms with Crippen molar-refractivity contribution in [3.63, 3.8) is 0 Å². The van der Waals surface area contributed by atoms with Gasteiger partial charge in [-0.05, 0) is 19.1 Å². The van der Waals surface area contributed by atoms with Crippen LogP contribution >= 0.6 is 11.8 Å². The van der Waals surface area contributed by atoms with Crippen LogP contribution in [0.15, 0.2) is 53.3 Å². The summed E-state index contributed by atoms with van der Waals surface area (Å²) in [4.78, 5) is 28.0. The van der Waals surface area contributed by atoms with Gasteiger partial charge in [-0.25, -0.2) is 4.68 Å². The van der Waals surface area contributed by atoms with Crippen LogP contribution < -0.4 is 10.9 Å². The van der Waals surface area contributed by atoms with Gasteiger partial charge in [0.15, 0.2) is 17.0 Å². The Morgan fingerprint density at radius 2 is 1.96 bits per heavy atom. The molecule has 2 N–H and O–H groups in total. The van der Waals surface area contributed by atoms with Gasteiger partial charge in [0.1, 0.15) is 0 Å². The molecule has 0 unspecified atom stereocenters. The lowest BCUT2D eigenvalue weighted by atomic mass is 10.1. The number of fused-ring (bicyclic) bond motifs is 3. The van der Waals surface area contributed by atoms with Crippen LogP contribution in [0.25, 0.3) is 22.6 Å². The summed E-state index contributed by atoms with van der Waals surface area (Å²) < 4.78 is 1.59. The van der Waals surface area contributed by atoms with Gasteiger partial charge in [-0.1, -0.05) is 42.0 Å². The van der Waals surface area contributed by atoms with Crippen molar-refractivity contribution in [3.8, 4) is 22.6 Å². The molecule has 2 aromatic carbocycles. The fourth-order valence-electron chi connectivity index (χ4n) is 2.90. The van der Waals surface area contributed by atoms with Crippen molar-refractivity contribution in [2.24, 2.45) is 0 Å². The number of hydrogen-bond acceptors (Lipinski definition) is 6. The number of nitrogens with zero attached hydrogens (tertiary/aromatic N) is 3. The molecule has 1 aliphatic heterocycles. The molecule has 8 heteroatoms. The maximum absolute atomic E-state index is 12.7. The Morgan fingerprint density at radius 1 is 1.22 bits per heavy atom. The van der Waals surface area contributed by atoms with E-state index >= 15 is 0 Å². The summed E-state index contributed by atoms with van der Waals surface area (Å²) in [5.41, 5.74) is 2.64. The Bertz CT molecular complexity index is 1080. The summed E-state index contributed by atoms with van der Waals surface area (Å²) in [5, 5.41) is 16.9. The highest BCUT2D eigenvalue weighted by Gasteiger charge is 2.27. The molecule has 3 aromatic rings. The van der Waals surface area contributed by atoms with Gasteiger partial charge in [0.2, 0.25) is 0 Å². The van der Waals surface area contributed by atoms with Crippen LogP contribution in [-0.2, 0) is 4.79 Å². The lowest BCUT2D eigenvalue weighted by Crippen LogP contribution is -2.30. The van der Waals surface area contributed by atoms with E-state index in [9.17, 15) is 9.59 Å². The number of thioether (sulfide) groups is 1. The Balaban J connectivity index is 1.87. The minimum Gasteiger partial charge on any atom is -0.481 e. The number of carboxylic acid groups (broad SMARTS) is 1. The number of aliphatic carboxylic acids is 1. The average Bonchev–Trinajstić information content (AvgIpc) is 2.66. The standard InChI is InChI=1S/C19H16N4O3S/c1-11-6-8-12(9-7-11)16-18(26)21-17-13-4-2-3-5-14(13)20-19(23(17)22-16)27-10-15(24)25/h2-9,19-20H,10H2,1H3,(H,24,25)/t19-/m0/s1. The molecule has 0 spiro atoms. The van der Waals surface area contributed by atoms with Crippen LogP contribution in [0.5, 0.6) is 0 Å². The Morgan fingerprint density at radius 3 is 2.70 bits per heavy atom. The first-order valence-electron chi connectivity index (χ1n) is 8.30. The van der Waals surface area contributed by atoms with Crippen LogP contribution in [0.2, 0.25) is 0 Å². The first-order chi connectivity index (χ1) is 13.0. The molecule has 0 radical (unpaired) electrons. The molecule has 0 fully saturated rings. The van der Waals surface area contributed by atoms with Gasteiger partial charge in [0.25, 0.3) is 5.56 Å². The van der Waals surface area contributed by atoms with Crippen molar-refractivity contribution >= 4 is 23.4 Å². The number of carbonyl (C=O) groups is 1. The maximum atomic E-state index is 12.7. The van der Waals surface area contributed by atoms with Crippen molar-refractivity contribution in [1.82, 2.24) is 14.8 Å². The van der Waals surface area contributed by atoms with E-state index in [1.165, 1.54) is 11.8 Å². The van der Waals surface area contributed by atoms with Gasteiger partial charge in [0, 0.05) is 16.8 Å². The lowest BCUT2D eigenvalue weighted by Gasteiger charge is -2.29. The number of aromatic nitrogens is 3. The van der Waals surface area contributed by atoms with Crippen LogP contribution in [0, 0.1) is 6.92 Å². The number of nitrogens with one attached hydrogen (secondary N) is 1. The summed E-state index contributed by atoms with van der Waals surface area (Å²) in [6.07, 6.45) is 0. The SMILES string of the molecule is Cc1ccc(-c2nn3c(nc2=O)-c2ccccc2N[C@@H]3SCC(=O)O)cc1. The van der Waals surface area contributed by atoms with Crippen LogP contribution in [0.3, 0.4) is 0 Å². The molecule has 0 bridgehead atoms. The molecule has 1 aliphatic rings. The second-order valence-electron chi connectivity index (χ2n) is 6.15. The molecule has 2 heterocycles. The molecular formula is C19H16N4O3S. The van der Waals surface area contributed by atoms with Gasteiger partial charge in [-0.3, -0.25) is 9.59 Å². The highest BCUT2D eigenvalue weighted by atomic mass is 32.2. The van der Waals surface area contributed by atoms with Crippen molar-refractivity contribution in [1.29, 1.82) is 0 Å². The van der Waals surface area contributed by atoms with Crippen LogP contribution in [0.1, 0.15) is 11.1 Å².